The van der Waals surface area contributed by atoms with Crippen LogP contribution < -0.4 is 16.3 Å². The van der Waals surface area contributed by atoms with Crippen LogP contribution in [0.25, 0.3) is 11.4 Å². The Morgan fingerprint density at radius 1 is 1.13 bits per heavy atom. The van der Waals surface area contributed by atoms with Crippen molar-refractivity contribution in [2.45, 2.75) is 44.1 Å². The topological polar surface area (TPSA) is 135 Å². The van der Waals surface area contributed by atoms with E-state index in [4.69, 9.17) is 16.7 Å². The fourth-order valence-electron chi connectivity index (χ4n) is 3.91. The molecule has 0 saturated heterocycles. The number of alkyl halides is 3. The monoisotopic (exact) mass is 565 g/mol. The molecule has 4 rings (SSSR count). The van der Waals surface area contributed by atoms with Crippen LogP contribution in [0.1, 0.15) is 42.5 Å². The van der Waals surface area contributed by atoms with Gasteiger partial charge in [-0.3, -0.25) is 19.0 Å². The Bertz CT molecular complexity index is 1450. The van der Waals surface area contributed by atoms with Crippen molar-refractivity contribution in [2.24, 2.45) is 0 Å². The Morgan fingerprint density at radius 2 is 1.82 bits per heavy atom. The molecule has 1 fully saturated rings. The van der Waals surface area contributed by atoms with E-state index in [9.17, 15) is 32.3 Å². The zero-order valence-electron chi connectivity index (χ0n) is 20.2. The van der Waals surface area contributed by atoms with Gasteiger partial charge in [-0.05, 0) is 54.8 Å². The third-order valence-electron chi connectivity index (χ3n) is 5.93. The van der Waals surface area contributed by atoms with Gasteiger partial charge in [0.15, 0.2) is 5.82 Å². The van der Waals surface area contributed by atoms with Crippen LogP contribution in [0.4, 0.5) is 13.2 Å². The standard InChI is InChI=1S/C25H23ClF3N5O5/c26-17-6-4-14(5-7-17)22-32-33(24(39)34(22)18-8-9-18)13-19(35)31-21(23(38)30-11-10-20(36)37)15-2-1-3-16(12-15)25(27,28)29/h1-7,12,18,21H,8-11,13H2,(H,30,38)(H,31,35)(H,36,37). The van der Waals surface area contributed by atoms with Gasteiger partial charge in [0.2, 0.25) is 11.8 Å². The van der Waals surface area contributed by atoms with Gasteiger partial charge in [-0.15, -0.1) is 5.10 Å². The fourth-order valence-corrected chi connectivity index (χ4v) is 4.04. The molecule has 1 unspecified atom stereocenters. The maximum atomic E-state index is 13.3. The van der Waals surface area contributed by atoms with Crippen LogP contribution >= 0.6 is 11.6 Å². The summed E-state index contributed by atoms with van der Waals surface area (Å²) in [7, 11) is 0. The number of aromatic nitrogens is 3. The molecule has 3 N–H and O–H groups in total. The molecule has 2 aromatic carbocycles. The second-order valence-electron chi connectivity index (χ2n) is 8.93. The number of nitrogens with one attached hydrogen (secondary N) is 2. The average Bonchev–Trinajstić information content (AvgIpc) is 3.66. The first-order valence-electron chi connectivity index (χ1n) is 11.9. The molecule has 206 valence electrons. The van der Waals surface area contributed by atoms with Crippen LogP contribution in [0.3, 0.4) is 0 Å². The van der Waals surface area contributed by atoms with Gasteiger partial charge < -0.3 is 15.7 Å². The maximum Gasteiger partial charge on any atom is 0.416 e. The Kier molecular flexibility index (Phi) is 8.09. The van der Waals surface area contributed by atoms with Gasteiger partial charge in [-0.2, -0.15) is 13.2 Å². The Labute approximate surface area is 224 Å². The van der Waals surface area contributed by atoms with Crippen molar-refractivity contribution in [1.29, 1.82) is 0 Å². The number of carbonyl (C=O) groups excluding carboxylic acids is 2. The second-order valence-corrected chi connectivity index (χ2v) is 9.37. The van der Waals surface area contributed by atoms with Crippen LogP contribution in [-0.4, -0.2) is 43.8 Å². The lowest BCUT2D eigenvalue weighted by atomic mass is 10.0. The Morgan fingerprint density at radius 3 is 2.44 bits per heavy atom. The highest BCUT2D eigenvalue weighted by molar-refractivity contribution is 6.30. The van der Waals surface area contributed by atoms with Crippen molar-refractivity contribution in [1.82, 2.24) is 25.0 Å². The predicted molar refractivity (Wildman–Crippen MR) is 133 cm³/mol. The fraction of sp³-hybridized carbons (Fsp3) is 0.320. The van der Waals surface area contributed by atoms with Crippen molar-refractivity contribution in [3.05, 3.63) is 75.2 Å². The number of carboxylic acids is 1. The van der Waals surface area contributed by atoms with E-state index in [1.54, 1.807) is 24.3 Å². The van der Waals surface area contributed by atoms with Crippen LogP contribution in [0.5, 0.6) is 0 Å². The summed E-state index contributed by atoms with van der Waals surface area (Å²) in [4.78, 5) is 49.7. The van der Waals surface area contributed by atoms with Gasteiger partial charge in [0.1, 0.15) is 12.6 Å². The summed E-state index contributed by atoms with van der Waals surface area (Å²) >= 11 is 5.95. The van der Waals surface area contributed by atoms with Crippen LogP contribution in [-0.2, 0) is 27.1 Å². The molecule has 1 aliphatic carbocycles. The molecule has 1 atom stereocenters. The third kappa shape index (κ3) is 6.85. The molecule has 10 nitrogen and oxygen atoms in total. The minimum absolute atomic E-state index is 0.0853. The van der Waals surface area contributed by atoms with Crippen LogP contribution in [0, 0.1) is 0 Å². The van der Waals surface area contributed by atoms with Crippen LogP contribution in [0.15, 0.2) is 53.3 Å². The molecule has 1 aliphatic rings. The SMILES string of the molecule is O=C(O)CCNC(=O)C(NC(=O)Cn1nc(-c2ccc(Cl)cc2)n(C2CC2)c1=O)c1cccc(C(F)(F)F)c1. The first-order valence-corrected chi connectivity index (χ1v) is 12.2. The number of hydrogen-bond acceptors (Lipinski definition) is 5. The Hall–Kier alpha value is -4.13. The van der Waals surface area contributed by atoms with Gasteiger partial charge in [0.25, 0.3) is 0 Å². The molecule has 2 amide bonds. The lowest BCUT2D eigenvalue weighted by Crippen LogP contribution is -2.43. The lowest BCUT2D eigenvalue weighted by Gasteiger charge is -2.20. The highest BCUT2D eigenvalue weighted by Gasteiger charge is 2.33. The van der Waals surface area contributed by atoms with E-state index in [0.29, 0.717) is 22.5 Å². The molecule has 0 aliphatic heterocycles. The quantitative estimate of drug-likeness (QED) is 0.346. The minimum Gasteiger partial charge on any atom is -0.481 e. The van der Waals surface area contributed by atoms with Gasteiger partial charge in [0, 0.05) is 23.2 Å². The molecule has 14 heteroatoms. The number of aliphatic carboxylic acids is 1. The minimum atomic E-state index is -4.70. The summed E-state index contributed by atoms with van der Waals surface area (Å²) in [5, 5.41) is 18.3. The van der Waals surface area contributed by atoms with Crippen molar-refractivity contribution in [2.75, 3.05) is 6.54 Å². The van der Waals surface area contributed by atoms with Crippen molar-refractivity contribution >= 4 is 29.4 Å². The van der Waals surface area contributed by atoms with E-state index in [2.05, 4.69) is 15.7 Å². The summed E-state index contributed by atoms with van der Waals surface area (Å²) in [6.45, 7) is -0.924. The highest BCUT2D eigenvalue weighted by atomic mass is 35.5. The van der Waals surface area contributed by atoms with E-state index in [1.807, 2.05) is 0 Å². The number of rotatable bonds is 10. The summed E-state index contributed by atoms with van der Waals surface area (Å²) in [5.41, 5.74) is -1.17. The number of hydrogen-bond donors (Lipinski definition) is 3. The number of amides is 2. The number of nitrogens with zero attached hydrogens (tertiary/aromatic N) is 3. The smallest absolute Gasteiger partial charge is 0.416 e. The van der Waals surface area contributed by atoms with Crippen molar-refractivity contribution < 1.29 is 32.7 Å². The summed E-state index contributed by atoms with van der Waals surface area (Å²) in [5.74, 6) is -2.65. The highest BCUT2D eigenvalue weighted by Crippen LogP contribution is 2.36. The maximum absolute atomic E-state index is 13.3. The van der Waals surface area contributed by atoms with Gasteiger partial charge >= 0.3 is 17.8 Å². The van der Waals surface area contributed by atoms with Gasteiger partial charge in [-0.1, -0.05) is 23.7 Å². The molecule has 0 spiro atoms. The van der Waals surface area contributed by atoms with Crippen LogP contribution in [0.2, 0.25) is 5.02 Å². The van der Waals surface area contributed by atoms with E-state index in [1.165, 1.54) is 10.6 Å². The molecular formula is C25H23ClF3N5O5. The Balaban J connectivity index is 1.59. The molecule has 1 heterocycles. The summed E-state index contributed by atoms with van der Waals surface area (Å²) in [6.07, 6.45) is -3.62. The zero-order valence-corrected chi connectivity index (χ0v) is 21.0. The first kappa shape index (κ1) is 27.9. The summed E-state index contributed by atoms with van der Waals surface area (Å²) in [6, 6.07) is 8.78. The largest absolute Gasteiger partial charge is 0.481 e. The molecule has 0 radical (unpaired) electrons. The zero-order chi connectivity index (χ0) is 28.3. The lowest BCUT2D eigenvalue weighted by molar-refractivity contribution is -0.138. The normalized spacial score (nSPS) is 14.1. The molecule has 0 bridgehead atoms. The molecule has 39 heavy (non-hydrogen) atoms. The first-order chi connectivity index (χ1) is 18.4. The van der Waals surface area contributed by atoms with E-state index >= 15 is 0 Å². The number of benzene rings is 2. The van der Waals surface area contributed by atoms with E-state index < -0.39 is 54.2 Å². The average molecular weight is 566 g/mol. The summed E-state index contributed by atoms with van der Waals surface area (Å²) < 4.78 is 42.2. The molecular weight excluding hydrogens is 543 g/mol. The molecule has 1 aromatic heterocycles. The van der Waals surface area contributed by atoms with Crippen molar-refractivity contribution in [3.63, 3.8) is 0 Å². The number of carbonyl (C=O) groups is 3. The van der Waals surface area contributed by atoms with Crippen molar-refractivity contribution in [3.8, 4) is 11.4 Å². The number of carboxylic acid groups (broad SMARTS) is 1. The number of halogens is 4. The molecule has 1 saturated carbocycles. The van der Waals surface area contributed by atoms with Gasteiger partial charge in [0.05, 0.1) is 12.0 Å². The predicted octanol–water partition coefficient (Wildman–Crippen LogP) is 3.17. The second kappa shape index (κ2) is 11.3. The van der Waals surface area contributed by atoms with Gasteiger partial charge in [-0.25, -0.2) is 9.48 Å². The molecule has 3 aromatic rings. The third-order valence-corrected chi connectivity index (χ3v) is 6.18. The van der Waals surface area contributed by atoms with E-state index in [-0.39, 0.29) is 18.2 Å². The van der Waals surface area contributed by atoms with E-state index in [0.717, 1.165) is 29.7 Å².